The van der Waals surface area contributed by atoms with Crippen LogP contribution >= 0.6 is 22.6 Å². The molecule has 2 N–H and O–H groups in total. The zero-order valence-corrected chi connectivity index (χ0v) is 15.9. The molecule has 4 heteroatoms. The minimum atomic E-state index is 0.671. The van der Waals surface area contributed by atoms with Crippen molar-refractivity contribution in [3.05, 3.63) is 87.5 Å². The lowest BCUT2D eigenvalue weighted by Gasteiger charge is -2.02. The summed E-state index contributed by atoms with van der Waals surface area (Å²) in [6.07, 6.45) is 0. The molecule has 0 aliphatic rings. The number of nitrogens with two attached hydrogens (primary N) is 1. The summed E-state index contributed by atoms with van der Waals surface area (Å²) in [5, 5.41) is 21.8. The van der Waals surface area contributed by atoms with Crippen LogP contribution in [0.15, 0.2) is 72.8 Å². The second kappa shape index (κ2) is 7.86. The summed E-state index contributed by atoms with van der Waals surface area (Å²) < 4.78 is 1.19. The van der Waals surface area contributed by atoms with Gasteiger partial charge in [0, 0.05) is 25.4 Å². The quantitative estimate of drug-likeness (QED) is 0.281. The van der Waals surface area contributed by atoms with Crippen LogP contribution in [0, 0.1) is 26.2 Å². The Balaban J connectivity index is 0.000000151. The van der Waals surface area contributed by atoms with Gasteiger partial charge >= 0.3 is 0 Å². The van der Waals surface area contributed by atoms with E-state index in [1.54, 1.807) is 12.1 Å². The molecule has 3 nitrogen and oxygen atoms in total. The first-order valence-corrected chi connectivity index (χ1v) is 8.98. The molecule has 0 aromatic heterocycles. The lowest BCUT2D eigenvalue weighted by atomic mass is 10.0. The normalized spacial score (nSPS) is 9.81. The molecule has 4 rings (SSSR count). The molecule has 0 saturated heterocycles. The lowest BCUT2D eigenvalue weighted by Crippen LogP contribution is -1.88. The highest BCUT2D eigenvalue weighted by Crippen LogP contribution is 2.24. The highest BCUT2D eigenvalue weighted by Gasteiger charge is 2.02. The third kappa shape index (κ3) is 3.46. The summed E-state index contributed by atoms with van der Waals surface area (Å²) in [5.41, 5.74) is 7.91. The van der Waals surface area contributed by atoms with E-state index in [1.807, 2.05) is 60.7 Å². The van der Waals surface area contributed by atoms with Crippen LogP contribution in [-0.2, 0) is 0 Å². The third-order valence-corrected chi connectivity index (χ3v) is 5.01. The maximum atomic E-state index is 8.87. The van der Waals surface area contributed by atoms with Gasteiger partial charge in [-0.1, -0.05) is 48.5 Å². The summed E-state index contributed by atoms with van der Waals surface area (Å²) in [5.74, 6) is 0. The van der Waals surface area contributed by atoms with Gasteiger partial charge in [-0.2, -0.15) is 10.5 Å². The predicted octanol–water partition coefficient (Wildman–Crippen LogP) is 5.61. The Hall–Kier alpha value is -3.09. The predicted molar refractivity (Wildman–Crippen MR) is 114 cm³/mol. The van der Waals surface area contributed by atoms with Crippen molar-refractivity contribution in [2.75, 3.05) is 5.73 Å². The zero-order valence-electron chi connectivity index (χ0n) is 13.8. The minimum Gasteiger partial charge on any atom is -0.398 e. The monoisotopic (exact) mass is 447 g/mol. The topological polar surface area (TPSA) is 73.6 Å². The SMILES string of the molecule is N#Cc1ccc(I)c2ccccc12.N#Cc1ccc(N)c2ccccc12. The Morgan fingerprint density at radius 2 is 1.08 bits per heavy atom. The Morgan fingerprint density at radius 1 is 0.615 bits per heavy atom. The molecular weight excluding hydrogens is 433 g/mol. The van der Waals surface area contributed by atoms with E-state index in [2.05, 4.69) is 34.7 Å². The van der Waals surface area contributed by atoms with Gasteiger partial charge in [0.25, 0.3) is 0 Å². The van der Waals surface area contributed by atoms with E-state index in [1.165, 1.54) is 3.57 Å². The summed E-state index contributed by atoms with van der Waals surface area (Å²) in [6, 6.07) is 27.3. The van der Waals surface area contributed by atoms with Crippen molar-refractivity contribution in [2.45, 2.75) is 0 Å². The molecule has 124 valence electrons. The van der Waals surface area contributed by atoms with Crippen molar-refractivity contribution < 1.29 is 0 Å². The van der Waals surface area contributed by atoms with Crippen LogP contribution in [0.3, 0.4) is 0 Å². The number of halogens is 1. The van der Waals surface area contributed by atoms with Gasteiger partial charge < -0.3 is 5.73 Å². The summed E-state index contributed by atoms with van der Waals surface area (Å²) in [7, 11) is 0. The van der Waals surface area contributed by atoms with E-state index in [0.29, 0.717) is 5.56 Å². The minimum absolute atomic E-state index is 0.671. The smallest absolute Gasteiger partial charge is 0.0998 e. The number of fused-ring (bicyclic) bond motifs is 2. The van der Waals surface area contributed by atoms with Crippen molar-refractivity contribution in [1.29, 1.82) is 10.5 Å². The Kier molecular flexibility index (Phi) is 5.36. The van der Waals surface area contributed by atoms with E-state index in [-0.39, 0.29) is 0 Å². The Labute approximate surface area is 165 Å². The van der Waals surface area contributed by atoms with Gasteiger partial charge in [-0.05, 0) is 52.2 Å². The molecule has 0 radical (unpaired) electrons. The molecule has 0 saturated carbocycles. The number of nitrogen functional groups attached to an aromatic ring is 1. The molecule has 0 bridgehead atoms. The van der Waals surface area contributed by atoms with Crippen LogP contribution in [0.4, 0.5) is 5.69 Å². The number of nitrogens with zero attached hydrogens (tertiary/aromatic N) is 2. The van der Waals surface area contributed by atoms with Gasteiger partial charge in [-0.3, -0.25) is 0 Å². The Bertz CT molecular complexity index is 1090. The first-order valence-electron chi connectivity index (χ1n) is 7.90. The molecule has 0 aliphatic heterocycles. The lowest BCUT2D eigenvalue weighted by molar-refractivity contribution is 1.50. The fourth-order valence-electron chi connectivity index (χ4n) is 2.78. The molecule has 0 aliphatic carbocycles. The molecule has 26 heavy (non-hydrogen) atoms. The summed E-state index contributed by atoms with van der Waals surface area (Å²) in [4.78, 5) is 0. The van der Waals surface area contributed by atoms with Crippen molar-refractivity contribution in [3.8, 4) is 12.1 Å². The molecule has 4 aromatic rings. The number of hydrogen-bond donors (Lipinski definition) is 1. The first-order chi connectivity index (χ1) is 12.7. The molecule has 0 spiro atoms. The molecule has 0 atom stereocenters. The summed E-state index contributed by atoms with van der Waals surface area (Å²) in [6.45, 7) is 0. The third-order valence-electron chi connectivity index (χ3n) is 4.07. The van der Waals surface area contributed by atoms with Crippen LogP contribution in [0.2, 0.25) is 0 Å². The van der Waals surface area contributed by atoms with Crippen molar-refractivity contribution in [2.24, 2.45) is 0 Å². The van der Waals surface area contributed by atoms with Crippen LogP contribution < -0.4 is 5.73 Å². The van der Waals surface area contributed by atoms with Crippen molar-refractivity contribution in [1.82, 2.24) is 0 Å². The standard InChI is InChI=1S/C11H6IN.C11H8N2/c12-11-6-5-8(7-13)9-3-1-2-4-10(9)11;12-7-8-5-6-11(13)10-4-2-1-3-9(8)10/h1-6H;1-6H,13H2. The van der Waals surface area contributed by atoms with Gasteiger partial charge in [-0.25, -0.2) is 0 Å². The average molecular weight is 447 g/mol. The molecular formula is C22H14IN3. The number of hydrogen-bond acceptors (Lipinski definition) is 3. The Morgan fingerprint density at radius 3 is 1.65 bits per heavy atom. The molecule has 4 aromatic carbocycles. The van der Waals surface area contributed by atoms with E-state index >= 15 is 0 Å². The molecule has 0 fully saturated rings. The molecule has 0 amide bonds. The van der Waals surface area contributed by atoms with Crippen molar-refractivity contribution in [3.63, 3.8) is 0 Å². The van der Waals surface area contributed by atoms with Crippen LogP contribution in [0.5, 0.6) is 0 Å². The van der Waals surface area contributed by atoms with Crippen LogP contribution in [-0.4, -0.2) is 0 Å². The summed E-state index contributed by atoms with van der Waals surface area (Å²) >= 11 is 2.28. The maximum absolute atomic E-state index is 8.87. The largest absolute Gasteiger partial charge is 0.398 e. The fourth-order valence-corrected chi connectivity index (χ4v) is 3.43. The number of nitriles is 2. The van der Waals surface area contributed by atoms with Gasteiger partial charge in [0.05, 0.1) is 23.3 Å². The van der Waals surface area contributed by atoms with E-state index in [0.717, 1.165) is 32.8 Å². The van der Waals surface area contributed by atoms with Gasteiger partial charge in [0.1, 0.15) is 0 Å². The van der Waals surface area contributed by atoms with Gasteiger partial charge in [0.15, 0.2) is 0 Å². The van der Waals surface area contributed by atoms with Gasteiger partial charge in [0.2, 0.25) is 0 Å². The van der Waals surface area contributed by atoms with Crippen LogP contribution in [0.1, 0.15) is 11.1 Å². The highest BCUT2D eigenvalue weighted by atomic mass is 127. The van der Waals surface area contributed by atoms with Crippen LogP contribution in [0.25, 0.3) is 21.5 Å². The number of rotatable bonds is 0. The van der Waals surface area contributed by atoms with E-state index in [9.17, 15) is 0 Å². The van der Waals surface area contributed by atoms with Crippen molar-refractivity contribution >= 4 is 49.8 Å². The van der Waals surface area contributed by atoms with Gasteiger partial charge in [-0.15, -0.1) is 0 Å². The molecule has 0 unspecified atom stereocenters. The molecule has 0 heterocycles. The average Bonchev–Trinajstić information content (AvgIpc) is 2.70. The van der Waals surface area contributed by atoms with E-state index in [4.69, 9.17) is 16.3 Å². The fraction of sp³-hybridized carbons (Fsp3) is 0. The second-order valence-corrected chi connectivity index (χ2v) is 6.77. The first kappa shape index (κ1) is 17.7. The van der Waals surface area contributed by atoms with E-state index < -0.39 is 0 Å². The number of anilines is 1. The number of benzene rings is 4. The highest BCUT2D eigenvalue weighted by molar-refractivity contribution is 14.1. The zero-order chi connectivity index (χ0) is 18.5. The second-order valence-electron chi connectivity index (χ2n) is 5.61. The maximum Gasteiger partial charge on any atom is 0.0998 e.